The molecule has 4 N–H and O–H groups in total. The third-order valence-corrected chi connectivity index (χ3v) is 3.15. The quantitative estimate of drug-likeness (QED) is 0.341. The molecule has 0 radical (unpaired) electrons. The number of nitrogens with zero attached hydrogens (tertiary/aromatic N) is 1. The second-order valence-electron chi connectivity index (χ2n) is 4.67. The van der Waals surface area contributed by atoms with Crippen LogP contribution >= 0.6 is 0 Å². The summed E-state index contributed by atoms with van der Waals surface area (Å²) in [6.45, 7) is 5.16. The van der Waals surface area contributed by atoms with E-state index < -0.39 is 12.0 Å². The maximum atomic E-state index is 12.1. The molecule has 7 nitrogen and oxygen atoms in total. The van der Waals surface area contributed by atoms with Crippen LogP contribution in [0.2, 0.25) is 0 Å². The SMILES string of the molecule is CCc1cc(OC(C)=O)cc(CC)c1N(C(=N)N)C(=O)NC. The second-order valence-corrected chi connectivity index (χ2v) is 4.67. The summed E-state index contributed by atoms with van der Waals surface area (Å²) in [7, 11) is 1.47. The lowest BCUT2D eigenvalue weighted by molar-refractivity contribution is -0.131. The van der Waals surface area contributed by atoms with Crippen molar-refractivity contribution >= 4 is 23.6 Å². The van der Waals surface area contributed by atoms with Crippen molar-refractivity contribution in [3.8, 4) is 5.75 Å². The number of benzene rings is 1. The highest BCUT2D eigenvalue weighted by Gasteiger charge is 2.24. The highest BCUT2D eigenvalue weighted by atomic mass is 16.5. The molecule has 1 aromatic carbocycles. The Kier molecular flexibility index (Phi) is 5.91. The Morgan fingerprint density at radius 2 is 1.77 bits per heavy atom. The average Bonchev–Trinajstić information content (AvgIpc) is 2.46. The summed E-state index contributed by atoms with van der Waals surface area (Å²) in [6.07, 6.45) is 1.19. The van der Waals surface area contributed by atoms with Crippen molar-refractivity contribution in [3.05, 3.63) is 23.3 Å². The molecule has 0 aliphatic rings. The van der Waals surface area contributed by atoms with E-state index in [0.29, 0.717) is 24.3 Å². The van der Waals surface area contributed by atoms with Gasteiger partial charge in [-0.15, -0.1) is 0 Å². The van der Waals surface area contributed by atoms with Gasteiger partial charge >= 0.3 is 12.0 Å². The van der Waals surface area contributed by atoms with Gasteiger partial charge in [-0.1, -0.05) is 13.8 Å². The van der Waals surface area contributed by atoms with E-state index in [1.807, 2.05) is 13.8 Å². The van der Waals surface area contributed by atoms with Crippen LogP contribution in [-0.4, -0.2) is 25.0 Å². The minimum atomic E-state index is -0.489. The van der Waals surface area contributed by atoms with Gasteiger partial charge in [0.15, 0.2) is 0 Å². The molecule has 0 aliphatic heterocycles. The molecular formula is C15H22N4O3. The Balaban J connectivity index is 3.53. The molecule has 0 aliphatic carbocycles. The summed E-state index contributed by atoms with van der Waals surface area (Å²) < 4.78 is 5.14. The van der Waals surface area contributed by atoms with Gasteiger partial charge in [-0.05, 0) is 36.1 Å². The zero-order chi connectivity index (χ0) is 16.9. The van der Waals surface area contributed by atoms with Crippen LogP contribution in [-0.2, 0) is 17.6 Å². The van der Waals surface area contributed by atoms with Gasteiger partial charge in [0.25, 0.3) is 0 Å². The minimum absolute atomic E-state index is 0.371. The van der Waals surface area contributed by atoms with E-state index in [2.05, 4.69) is 5.32 Å². The number of aryl methyl sites for hydroxylation is 2. The Morgan fingerprint density at radius 3 is 2.09 bits per heavy atom. The molecule has 1 rings (SSSR count). The van der Waals surface area contributed by atoms with Crippen LogP contribution in [0.3, 0.4) is 0 Å². The van der Waals surface area contributed by atoms with Crippen LogP contribution in [0.25, 0.3) is 0 Å². The fraction of sp³-hybridized carbons (Fsp3) is 0.400. The summed E-state index contributed by atoms with van der Waals surface area (Å²) >= 11 is 0. The monoisotopic (exact) mass is 306 g/mol. The van der Waals surface area contributed by atoms with Crippen LogP contribution in [0, 0.1) is 5.41 Å². The Morgan fingerprint density at radius 1 is 1.27 bits per heavy atom. The standard InChI is InChI=1S/C15H22N4O3/c1-5-10-7-12(22-9(3)20)8-11(6-2)13(10)19(14(16)17)15(21)18-4/h7-8H,5-6H2,1-4H3,(H3,16,17)(H,18,21). The van der Waals surface area contributed by atoms with Gasteiger partial charge < -0.3 is 15.8 Å². The zero-order valence-corrected chi connectivity index (χ0v) is 13.3. The molecule has 22 heavy (non-hydrogen) atoms. The number of nitrogens with one attached hydrogen (secondary N) is 2. The van der Waals surface area contributed by atoms with Crippen molar-refractivity contribution < 1.29 is 14.3 Å². The van der Waals surface area contributed by atoms with Crippen LogP contribution in [0.4, 0.5) is 10.5 Å². The first-order chi connectivity index (χ1) is 10.3. The minimum Gasteiger partial charge on any atom is -0.427 e. The van der Waals surface area contributed by atoms with Gasteiger partial charge in [-0.3, -0.25) is 10.2 Å². The molecule has 0 aromatic heterocycles. The molecule has 0 unspecified atom stereocenters. The number of hydrogen-bond acceptors (Lipinski definition) is 4. The molecule has 1 aromatic rings. The normalized spacial score (nSPS) is 10.0. The molecule has 0 bridgehead atoms. The molecule has 2 amide bonds. The first-order valence-corrected chi connectivity index (χ1v) is 7.05. The number of esters is 1. The molecule has 7 heteroatoms. The third-order valence-electron chi connectivity index (χ3n) is 3.15. The van der Waals surface area contributed by atoms with Gasteiger partial charge in [0, 0.05) is 14.0 Å². The number of ether oxygens (including phenoxy) is 1. The van der Waals surface area contributed by atoms with Crippen molar-refractivity contribution in [3.63, 3.8) is 0 Å². The van der Waals surface area contributed by atoms with E-state index >= 15 is 0 Å². The summed E-state index contributed by atoms with van der Waals surface area (Å²) in [4.78, 5) is 24.3. The number of carbonyl (C=O) groups is 2. The highest BCUT2D eigenvalue weighted by Crippen LogP contribution is 2.32. The van der Waals surface area contributed by atoms with Gasteiger partial charge in [0.1, 0.15) is 5.75 Å². The van der Waals surface area contributed by atoms with E-state index in [0.717, 1.165) is 16.0 Å². The van der Waals surface area contributed by atoms with Crippen molar-refractivity contribution in [2.24, 2.45) is 5.73 Å². The number of anilines is 1. The van der Waals surface area contributed by atoms with E-state index in [9.17, 15) is 9.59 Å². The van der Waals surface area contributed by atoms with Gasteiger partial charge in [0.2, 0.25) is 5.96 Å². The van der Waals surface area contributed by atoms with Crippen molar-refractivity contribution in [1.82, 2.24) is 5.32 Å². The van der Waals surface area contributed by atoms with Gasteiger partial charge in [-0.25, -0.2) is 9.69 Å². The molecule has 0 heterocycles. The Labute approximate surface area is 129 Å². The van der Waals surface area contributed by atoms with Crippen LogP contribution in [0.1, 0.15) is 31.9 Å². The van der Waals surface area contributed by atoms with Gasteiger partial charge in [-0.2, -0.15) is 0 Å². The molecule has 0 saturated carbocycles. The largest absolute Gasteiger partial charge is 0.427 e. The lowest BCUT2D eigenvalue weighted by atomic mass is 10.0. The van der Waals surface area contributed by atoms with E-state index in [-0.39, 0.29) is 5.96 Å². The Bertz CT molecular complexity index is 573. The predicted octanol–water partition coefficient (Wildman–Crippen LogP) is 1.78. The molecular weight excluding hydrogens is 284 g/mol. The highest BCUT2D eigenvalue weighted by molar-refractivity contribution is 6.14. The molecule has 0 fully saturated rings. The lowest BCUT2D eigenvalue weighted by Gasteiger charge is -2.26. The molecule has 0 spiro atoms. The van der Waals surface area contributed by atoms with Crippen molar-refractivity contribution in [2.45, 2.75) is 33.6 Å². The number of nitrogens with two attached hydrogens (primary N) is 1. The summed E-state index contributed by atoms with van der Waals surface area (Å²) in [5, 5.41) is 10.2. The fourth-order valence-corrected chi connectivity index (χ4v) is 2.22. The number of carbonyl (C=O) groups excluding carboxylic acids is 2. The first-order valence-electron chi connectivity index (χ1n) is 7.05. The third kappa shape index (κ3) is 3.75. The molecule has 0 saturated heterocycles. The van der Waals surface area contributed by atoms with Crippen LogP contribution in [0.5, 0.6) is 5.75 Å². The smallest absolute Gasteiger partial charge is 0.328 e. The summed E-state index contributed by atoms with van der Waals surface area (Å²) in [6, 6.07) is 2.89. The zero-order valence-electron chi connectivity index (χ0n) is 13.3. The van der Waals surface area contributed by atoms with E-state index in [1.54, 1.807) is 12.1 Å². The maximum Gasteiger partial charge on any atom is 0.328 e. The fourth-order valence-electron chi connectivity index (χ4n) is 2.22. The van der Waals surface area contributed by atoms with E-state index in [4.69, 9.17) is 15.9 Å². The average molecular weight is 306 g/mol. The summed E-state index contributed by atoms with van der Waals surface area (Å²) in [5.41, 5.74) is 7.68. The number of urea groups is 1. The van der Waals surface area contributed by atoms with Crippen molar-refractivity contribution in [1.29, 1.82) is 5.41 Å². The van der Waals surface area contributed by atoms with Crippen LogP contribution in [0.15, 0.2) is 12.1 Å². The predicted molar refractivity (Wildman–Crippen MR) is 85.4 cm³/mol. The number of amides is 2. The number of guanidine groups is 1. The maximum absolute atomic E-state index is 12.1. The first kappa shape index (κ1) is 17.5. The lowest BCUT2D eigenvalue weighted by Crippen LogP contribution is -2.47. The number of rotatable bonds is 4. The van der Waals surface area contributed by atoms with Crippen LogP contribution < -0.4 is 20.7 Å². The summed E-state index contributed by atoms with van der Waals surface area (Å²) in [5.74, 6) is -0.360. The molecule has 120 valence electrons. The second kappa shape index (κ2) is 7.44. The Hall–Kier alpha value is -2.57. The van der Waals surface area contributed by atoms with Gasteiger partial charge in [0.05, 0.1) is 5.69 Å². The topological polar surface area (TPSA) is 109 Å². The number of hydrogen-bond donors (Lipinski definition) is 3. The van der Waals surface area contributed by atoms with E-state index in [1.165, 1.54) is 14.0 Å². The molecule has 0 atom stereocenters. The van der Waals surface area contributed by atoms with Crippen molar-refractivity contribution in [2.75, 3.05) is 11.9 Å².